The summed E-state index contributed by atoms with van der Waals surface area (Å²) in [6, 6.07) is 15.6. The van der Waals surface area contributed by atoms with Crippen molar-refractivity contribution in [1.82, 2.24) is 0 Å². The third-order valence-corrected chi connectivity index (χ3v) is 3.45. The third kappa shape index (κ3) is 4.99. The number of carbonyl (C=O) groups is 1. The normalized spacial score (nSPS) is 10.7. The van der Waals surface area contributed by atoms with Gasteiger partial charge in [-0.05, 0) is 36.6 Å². The summed E-state index contributed by atoms with van der Waals surface area (Å²) < 4.78 is 5.69. The number of hydrogen-bond acceptors (Lipinski definition) is 2. The summed E-state index contributed by atoms with van der Waals surface area (Å²) in [7, 11) is 0. The van der Waals surface area contributed by atoms with Crippen LogP contribution in [0.2, 0.25) is 0 Å². The number of carbonyl (C=O) groups excluding carboxylic acids is 1. The average molecular weight is 309 g/mol. The van der Waals surface area contributed by atoms with Gasteiger partial charge in [-0.1, -0.05) is 50.2 Å². The monoisotopic (exact) mass is 309 g/mol. The summed E-state index contributed by atoms with van der Waals surface area (Å²) in [5.41, 5.74) is 2.89. The van der Waals surface area contributed by atoms with E-state index in [2.05, 4.69) is 19.2 Å². The van der Waals surface area contributed by atoms with Crippen LogP contribution in [0.15, 0.2) is 54.6 Å². The molecule has 0 radical (unpaired) electrons. The fraction of sp³-hybridized carbons (Fsp3) is 0.250. The summed E-state index contributed by atoms with van der Waals surface area (Å²) in [5.74, 6) is 0.656. The summed E-state index contributed by atoms with van der Waals surface area (Å²) in [6.07, 6.45) is 5.16. The van der Waals surface area contributed by atoms with Crippen LogP contribution in [0.3, 0.4) is 0 Å². The van der Waals surface area contributed by atoms with E-state index >= 15 is 0 Å². The molecule has 0 heterocycles. The van der Waals surface area contributed by atoms with Gasteiger partial charge in [0.2, 0.25) is 5.91 Å². The second-order valence-electron chi connectivity index (χ2n) is 5.22. The van der Waals surface area contributed by atoms with Gasteiger partial charge in [-0.15, -0.1) is 0 Å². The van der Waals surface area contributed by atoms with Crippen molar-refractivity contribution in [2.45, 2.75) is 26.7 Å². The standard InChI is InChI=1S/C20H23NO2/c1-3-15-23-19-12-8-6-10-17(19)13-14-20(22)21-18-11-7-5-9-16(18)4-2/h5-14H,3-4,15H2,1-2H3,(H,21,22)/b14-13+. The smallest absolute Gasteiger partial charge is 0.248 e. The minimum atomic E-state index is -0.142. The van der Waals surface area contributed by atoms with E-state index in [1.165, 1.54) is 0 Å². The number of benzene rings is 2. The van der Waals surface area contributed by atoms with Crippen molar-refractivity contribution in [3.63, 3.8) is 0 Å². The number of hydrogen-bond donors (Lipinski definition) is 1. The lowest BCUT2D eigenvalue weighted by molar-refractivity contribution is -0.111. The molecule has 0 bridgehead atoms. The van der Waals surface area contributed by atoms with Crippen molar-refractivity contribution in [3.05, 3.63) is 65.7 Å². The first-order valence-electron chi connectivity index (χ1n) is 8.03. The zero-order valence-electron chi connectivity index (χ0n) is 13.7. The van der Waals surface area contributed by atoms with Crippen molar-refractivity contribution < 1.29 is 9.53 Å². The summed E-state index contributed by atoms with van der Waals surface area (Å²) in [5, 5.41) is 2.93. The molecule has 0 aliphatic rings. The molecule has 3 heteroatoms. The van der Waals surface area contributed by atoms with E-state index in [-0.39, 0.29) is 5.91 Å². The van der Waals surface area contributed by atoms with E-state index in [1.807, 2.05) is 48.5 Å². The van der Waals surface area contributed by atoms with Crippen LogP contribution in [0.25, 0.3) is 6.08 Å². The van der Waals surface area contributed by atoms with E-state index in [4.69, 9.17) is 4.74 Å². The lowest BCUT2D eigenvalue weighted by atomic mass is 10.1. The van der Waals surface area contributed by atoms with Crippen LogP contribution in [0.5, 0.6) is 5.75 Å². The minimum absolute atomic E-state index is 0.142. The van der Waals surface area contributed by atoms with Gasteiger partial charge in [0.15, 0.2) is 0 Å². The molecule has 2 aromatic carbocycles. The van der Waals surface area contributed by atoms with Gasteiger partial charge in [-0.2, -0.15) is 0 Å². The van der Waals surface area contributed by atoms with Crippen molar-refractivity contribution in [2.75, 3.05) is 11.9 Å². The zero-order valence-corrected chi connectivity index (χ0v) is 13.7. The molecule has 2 aromatic rings. The number of para-hydroxylation sites is 2. The molecule has 0 aliphatic heterocycles. The largest absolute Gasteiger partial charge is 0.493 e. The van der Waals surface area contributed by atoms with Crippen LogP contribution in [0.4, 0.5) is 5.69 Å². The molecule has 23 heavy (non-hydrogen) atoms. The van der Waals surface area contributed by atoms with E-state index in [0.717, 1.165) is 35.4 Å². The highest BCUT2D eigenvalue weighted by molar-refractivity contribution is 6.02. The molecular weight excluding hydrogens is 286 g/mol. The molecule has 0 saturated carbocycles. The Kier molecular flexibility index (Phi) is 6.42. The number of rotatable bonds is 7. The van der Waals surface area contributed by atoms with Crippen molar-refractivity contribution in [3.8, 4) is 5.75 Å². The molecule has 1 N–H and O–H groups in total. The Labute approximate surface area is 138 Å². The molecule has 0 fully saturated rings. The first-order chi connectivity index (χ1) is 11.2. The molecule has 0 atom stereocenters. The van der Waals surface area contributed by atoms with Crippen LogP contribution in [-0.4, -0.2) is 12.5 Å². The van der Waals surface area contributed by atoms with Crippen LogP contribution in [0.1, 0.15) is 31.4 Å². The van der Waals surface area contributed by atoms with Gasteiger partial charge < -0.3 is 10.1 Å². The quantitative estimate of drug-likeness (QED) is 0.754. The highest BCUT2D eigenvalue weighted by atomic mass is 16.5. The first-order valence-corrected chi connectivity index (χ1v) is 8.03. The number of ether oxygens (including phenoxy) is 1. The van der Waals surface area contributed by atoms with E-state index in [0.29, 0.717) is 6.61 Å². The van der Waals surface area contributed by atoms with Crippen LogP contribution < -0.4 is 10.1 Å². The maximum absolute atomic E-state index is 12.1. The molecule has 1 amide bonds. The molecule has 0 saturated heterocycles. The molecule has 3 nitrogen and oxygen atoms in total. The Balaban J connectivity index is 2.06. The Morgan fingerprint density at radius 1 is 1.09 bits per heavy atom. The fourth-order valence-electron chi connectivity index (χ4n) is 2.25. The summed E-state index contributed by atoms with van der Waals surface area (Å²) >= 11 is 0. The Bertz CT molecular complexity index is 677. The zero-order chi connectivity index (χ0) is 16.5. The molecule has 0 aromatic heterocycles. The van der Waals surface area contributed by atoms with E-state index < -0.39 is 0 Å². The highest BCUT2D eigenvalue weighted by Gasteiger charge is 2.04. The number of anilines is 1. The van der Waals surface area contributed by atoms with Crippen LogP contribution >= 0.6 is 0 Å². The average Bonchev–Trinajstić information content (AvgIpc) is 2.59. The molecule has 120 valence electrons. The van der Waals surface area contributed by atoms with Crippen molar-refractivity contribution >= 4 is 17.7 Å². The van der Waals surface area contributed by atoms with Gasteiger partial charge in [0.05, 0.1) is 6.61 Å². The Morgan fingerprint density at radius 2 is 1.83 bits per heavy atom. The fourth-order valence-corrected chi connectivity index (χ4v) is 2.25. The second kappa shape index (κ2) is 8.79. The Morgan fingerprint density at radius 3 is 2.61 bits per heavy atom. The highest BCUT2D eigenvalue weighted by Crippen LogP contribution is 2.20. The third-order valence-electron chi connectivity index (χ3n) is 3.45. The Hall–Kier alpha value is -2.55. The molecule has 0 unspecified atom stereocenters. The summed E-state index contributed by atoms with van der Waals surface area (Å²) in [6.45, 7) is 4.81. The van der Waals surface area contributed by atoms with Crippen molar-refractivity contribution in [2.24, 2.45) is 0 Å². The molecule has 2 rings (SSSR count). The van der Waals surface area contributed by atoms with Gasteiger partial charge in [-0.25, -0.2) is 0 Å². The lowest BCUT2D eigenvalue weighted by Gasteiger charge is -2.09. The lowest BCUT2D eigenvalue weighted by Crippen LogP contribution is -2.09. The van der Waals surface area contributed by atoms with E-state index in [1.54, 1.807) is 12.2 Å². The van der Waals surface area contributed by atoms with Gasteiger partial charge in [0, 0.05) is 17.3 Å². The maximum Gasteiger partial charge on any atom is 0.248 e. The summed E-state index contributed by atoms with van der Waals surface area (Å²) in [4.78, 5) is 12.1. The molecule has 0 aliphatic carbocycles. The van der Waals surface area contributed by atoms with Gasteiger partial charge in [0.25, 0.3) is 0 Å². The second-order valence-corrected chi connectivity index (χ2v) is 5.22. The van der Waals surface area contributed by atoms with Gasteiger partial charge in [0.1, 0.15) is 5.75 Å². The van der Waals surface area contributed by atoms with Crippen LogP contribution in [-0.2, 0) is 11.2 Å². The first kappa shape index (κ1) is 16.8. The minimum Gasteiger partial charge on any atom is -0.493 e. The maximum atomic E-state index is 12.1. The van der Waals surface area contributed by atoms with E-state index in [9.17, 15) is 4.79 Å². The molecule has 0 spiro atoms. The number of amides is 1. The van der Waals surface area contributed by atoms with Crippen LogP contribution in [0, 0.1) is 0 Å². The number of aryl methyl sites for hydroxylation is 1. The van der Waals surface area contributed by atoms with Crippen molar-refractivity contribution in [1.29, 1.82) is 0 Å². The number of nitrogens with one attached hydrogen (secondary N) is 1. The topological polar surface area (TPSA) is 38.3 Å². The predicted molar refractivity (Wildman–Crippen MR) is 95.7 cm³/mol. The van der Waals surface area contributed by atoms with Gasteiger partial charge >= 0.3 is 0 Å². The molecular formula is C20H23NO2. The van der Waals surface area contributed by atoms with Gasteiger partial charge in [-0.3, -0.25) is 4.79 Å². The SMILES string of the molecule is CCCOc1ccccc1/C=C/C(=O)Nc1ccccc1CC. The predicted octanol–water partition coefficient (Wildman–Crippen LogP) is 4.69.